The number of aliphatic hydroxyl groups excluding tert-OH is 4. The molecule has 14 heteroatoms. The van der Waals surface area contributed by atoms with E-state index in [1.54, 1.807) is 0 Å². The minimum Gasteiger partial charge on any atom is -0.873 e. The molecule has 186 valence electrons. The molecule has 0 bridgehead atoms. The van der Waals surface area contributed by atoms with Gasteiger partial charge in [0.05, 0.1) is 6.61 Å². The average Bonchev–Trinajstić information content (AvgIpc) is 2.79. The van der Waals surface area contributed by atoms with E-state index >= 15 is 0 Å². The molecule has 2 aromatic carbocycles. The Hall–Kier alpha value is -3.22. The van der Waals surface area contributed by atoms with Crippen LogP contribution in [0.2, 0.25) is 0 Å². The fourth-order valence-electron chi connectivity index (χ4n) is 4.53. The van der Waals surface area contributed by atoms with Gasteiger partial charge in [0.1, 0.15) is 41.8 Å². The number of ketones is 2. The summed E-state index contributed by atoms with van der Waals surface area (Å²) in [6.45, 7) is 0.186. The van der Waals surface area contributed by atoms with E-state index in [0.717, 1.165) is 6.92 Å². The fourth-order valence-corrected chi connectivity index (χ4v) is 4.53. The molecule has 1 fully saturated rings. The number of carboxylic acids is 1. The summed E-state index contributed by atoms with van der Waals surface area (Å²) in [6.07, 6.45) is -9.60. The molecule has 0 radical (unpaired) electrons. The van der Waals surface area contributed by atoms with Crippen molar-refractivity contribution >= 4 is 34.9 Å². The maximum absolute atomic E-state index is 13.3. The number of aromatic hydroxyl groups is 1. The standard InChI is InChI=1S/C22H20O13.Al/c1-4-8-5(2-6(24)9(4)22(33)34)13(25)10-11(15(8)27)16(28)12(18(30)17(10)29)21-20(32)19(31)14(26)7(3-23)35-21;/h2,7,14,19-21,23-24,26,28-32H,3H2,1H3,(H,33,34);/q;+3/p-3/t7-,14-,19+,20-,21+;/m1./s1. The van der Waals surface area contributed by atoms with Crippen molar-refractivity contribution in [3.05, 3.63) is 45.0 Å². The first-order valence-electron chi connectivity index (χ1n) is 10.1. The SMILES string of the molecule is Cc1c(C(=O)O)c(O)cc2c1C(=O)c1c([O-])c([C@@H]3O[C@H](CO)[C@@H](O)[C@H](O)[C@H]3O)c([O-])c([O-])c1C2=O.[Al+3]. The number of fused-ring (bicyclic) bond motifs is 2. The van der Waals surface area contributed by atoms with Gasteiger partial charge < -0.3 is 50.7 Å². The summed E-state index contributed by atoms with van der Waals surface area (Å²) in [4.78, 5) is 37.9. The number of benzene rings is 2. The molecule has 0 unspecified atom stereocenters. The molecule has 2 aromatic rings. The van der Waals surface area contributed by atoms with E-state index in [0.29, 0.717) is 6.07 Å². The van der Waals surface area contributed by atoms with Crippen LogP contribution < -0.4 is 15.3 Å². The van der Waals surface area contributed by atoms with E-state index in [1.807, 2.05) is 0 Å². The van der Waals surface area contributed by atoms with E-state index in [9.17, 15) is 60.3 Å². The van der Waals surface area contributed by atoms with Crippen molar-refractivity contribution in [3.8, 4) is 23.0 Å². The molecule has 36 heavy (non-hydrogen) atoms. The molecule has 1 aliphatic carbocycles. The van der Waals surface area contributed by atoms with E-state index in [-0.39, 0.29) is 22.9 Å². The Bertz CT molecular complexity index is 1300. The summed E-state index contributed by atoms with van der Waals surface area (Å²) < 4.78 is 5.19. The van der Waals surface area contributed by atoms with E-state index in [4.69, 9.17) is 4.74 Å². The van der Waals surface area contributed by atoms with Crippen LogP contribution in [-0.2, 0) is 4.74 Å². The van der Waals surface area contributed by atoms with Crippen LogP contribution >= 0.6 is 0 Å². The molecule has 0 aromatic heterocycles. The molecular weight excluding hydrogens is 499 g/mol. The topological polar surface area (TPSA) is 251 Å². The first kappa shape index (κ1) is 27.4. The first-order valence-corrected chi connectivity index (χ1v) is 10.1. The zero-order chi connectivity index (χ0) is 26.1. The number of hydrogen-bond donors (Lipinski definition) is 6. The van der Waals surface area contributed by atoms with Crippen molar-refractivity contribution in [2.45, 2.75) is 37.4 Å². The quantitative estimate of drug-likeness (QED) is 0.185. The molecule has 0 saturated carbocycles. The van der Waals surface area contributed by atoms with Crippen LogP contribution in [0.25, 0.3) is 0 Å². The molecule has 0 amide bonds. The summed E-state index contributed by atoms with van der Waals surface area (Å²) in [5.74, 6) is -9.78. The Labute approximate surface area is 212 Å². The number of carboxylic acid groups (broad SMARTS) is 1. The van der Waals surface area contributed by atoms with Crippen molar-refractivity contribution < 1.29 is 65.1 Å². The van der Waals surface area contributed by atoms with Gasteiger partial charge in [-0.2, -0.15) is 0 Å². The molecule has 1 saturated heterocycles. The zero-order valence-corrected chi connectivity index (χ0v) is 19.4. The second kappa shape index (κ2) is 9.34. The van der Waals surface area contributed by atoms with Gasteiger partial charge in [-0.05, 0) is 24.1 Å². The Morgan fingerprint density at radius 2 is 1.53 bits per heavy atom. The van der Waals surface area contributed by atoms with Crippen LogP contribution in [0.3, 0.4) is 0 Å². The van der Waals surface area contributed by atoms with Crippen LogP contribution in [0.15, 0.2) is 6.07 Å². The second-order valence-corrected chi connectivity index (χ2v) is 8.18. The summed E-state index contributed by atoms with van der Waals surface area (Å²) in [5.41, 5.74) is -5.52. The minimum absolute atomic E-state index is 0. The molecule has 5 atom stereocenters. The van der Waals surface area contributed by atoms with Crippen molar-refractivity contribution in [3.63, 3.8) is 0 Å². The van der Waals surface area contributed by atoms with Gasteiger partial charge in [-0.15, -0.1) is 11.5 Å². The average molecular weight is 516 g/mol. The van der Waals surface area contributed by atoms with Gasteiger partial charge in [0.15, 0.2) is 11.6 Å². The first-order chi connectivity index (χ1) is 16.3. The third-order valence-electron chi connectivity index (χ3n) is 6.27. The molecule has 2 aliphatic rings. The van der Waals surface area contributed by atoms with Gasteiger partial charge in [0, 0.05) is 22.3 Å². The third-order valence-corrected chi connectivity index (χ3v) is 6.27. The third kappa shape index (κ3) is 3.63. The number of aromatic carboxylic acids is 1. The fraction of sp³-hybridized carbons (Fsp3) is 0.318. The van der Waals surface area contributed by atoms with Gasteiger partial charge in [-0.25, -0.2) is 4.79 Å². The Morgan fingerprint density at radius 3 is 2.08 bits per heavy atom. The van der Waals surface area contributed by atoms with Gasteiger partial charge >= 0.3 is 23.3 Å². The number of hydrogen-bond acceptors (Lipinski definition) is 12. The molecule has 1 aliphatic heterocycles. The Balaban J connectivity index is 0.00000361. The van der Waals surface area contributed by atoms with Crippen LogP contribution in [-0.4, -0.2) is 96.6 Å². The van der Waals surface area contributed by atoms with Crippen molar-refractivity contribution in [2.24, 2.45) is 0 Å². The normalized spacial score (nSPS) is 25.1. The minimum atomic E-state index is -2.13. The molecular formula is C22H17AlO13. The van der Waals surface area contributed by atoms with Gasteiger partial charge in [-0.1, -0.05) is 5.75 Å². The van der Waals surface area contributed by atoms with Crippen molar-refractivity contribution in [1.82, 2.24) is 0 Å². The largest absolute Gasteiger partial charge is 3.00 e. The van der Waals surface area contributed by atoms with Crippen LogP contribution in [0.5, 0.6) is 23.0 Å². The predicted molar refractivity (Wildman–Crippen MR) is 110 cm³/mol. The predicted octanol–water partition coefficient (Wildman–Crippen LogP) is -3.47. The van der Waals surface area contributed by atoms with E-state index in [1.165, 1.54) is 0 Å². The van der Waals surface area contributed by atoms with E-state index < -0.39 is 111 Å². The number of carbonyl (C=O) groups excluding carboxylic acids is 2. The molecule has 1 heterocycles. The Morgan fingerprint density at radius 1 is 0.944 bits per heavy atom. The van der Waals surface area contributed by atoms with Crippen LogP contribution in [0.4, 0.5) is 0 Å². The molecule has 4 rings (SSSR count). The van der Waals surface area contributed by atoms with Crippen LogP contribution in [0, 0.1) is 6.92 Å². The summed E-state index contributed by atoms with van der Waals surface area (Å²) in [5, 5.41) is 98.0. The maximum Gasteiger partial charge on any atom is 3.00 e. The number of aliphatic hydroxyl groups is 4. The number of ether oxygens (including phenoxy) is 1. The van der Waals surface area contributed by atoms with E-state index in [2.05, 4.69) is 0 Å². The smallest absolute Gasteiger partial charge is 0.873 e. The number of rotatable bonds is 3. The second-order valence-electron chi connectivity index (χ2n) is 8.18. The monoisotopic (exact) mass is 516 g/mol. The number of carbonyl (C=O) groups is 3. The van der Waals surface area contributed by atoms with Crippen LogP contribution in [0.1, 0.15) is 59.4 Å². The summed E-state index contributed by atoms with van der Waals surface area (Å²) in [7, 11) is 0. The van der Waals surface area contributed by atoms with Crippen molar-refractivity contribution in [1.29, 1.82) is 0 Å². The molecule has 6 N–H and O–H groups in total. The molecule has 0 spiro atoms. The number of phenols is 1. The maximum atomic E-state index is 13.3. The summed E-state index contributed by atoms with van der Waals surface area (Å²) >= 11 is 0. The summed E-state index contributed by atoms with van der Waals surface area (Å²) in [6, 6.07) is 0.648. The van der Waals surface area contributed by atoms with Gasteiger partial charge in [0.25, 0.3) is 0 Å². The zero-order valence-electron chi connectivity index (χ0n) is 18.3. The molecule has 13 nitrogen and oxygen atoms in total. The van der Waals surface area contributed by atoms with Gasteiger partial charge in [0.2, 0.25) is 0 Å². The van der Waals surface area contributed by atoms with Crippen molar-refractivity contribution in [2.75, 3.05) is 6.61 Å². The van der Waals surface area contributed by atoms with Gasteiger partial charge in [-0.3, -0.25) is 9.59 Å². The Kier molecular flexibility index (Phi) is 7.10.